The van der Waals surface area contributed by atoms with Gasteiger partial charge in [0.05, 0.1) is 7.11 Å². The number of hydrogen-bond donors (Lipinski definition) is 2. The number of hydrogen-bond acceptors (Lipinski definition) is 5. The summed E-state index contributed by atoms with van der Waals surface area (Å²) in [4.78, 5) is 42.5. The average molecular weight is 405 g/mol. The molecule has 1 aliphatic heterocycles. The van der Waals surface area contributed by atoms with Crippen molar-refractivity contribution in [2.24, 2.45) is 22.1 Å². The van der Waals surface area contributed by atoms with Gasteiger partial charge >= 0.3 is 6.03 Å². The molecular weight excluding hydrogens is 382 g/mol. The fourth-order valence-corrected chi connectivity index (χ4v) is 4.96. The van der Waals surface area contributed by atoms with Crippen LogP contribution in [0.25, 0.3) is 0 Å². The third-order valence-electron chi connectivity index (χ3n) is 6.37. The Morgan fingerprint density at radius 1 is 1.03 bits per heavy atom. The molecule has 154 valence electrons. The molecule has 0 aromatic heterocycles. The van der Waals surface area contributed by atoms with Gasteiger partial charge in [0.25, 0.3) is 0 Å². The lowest BCUT2D eigenvalue weighted by molar-refractivity contribution is -0.136. The summed E-state index contributed by atoms with van der Waals surface area (Å²) in [5.74, 6) is -1.49. The van der Waals surface area contributed by atoms with Crippen LogP contribution in [0.4, 0.5) is 4.79 Å². The van der Waals surface area contributed by atoms with Crippen LogP contribution in [-0.2, 0) is 9.59 Å². The largest absolute Gasteiger partial charge is 0.497 e. The topological polar surface area (TPSA) is 111 Å². The number of carbonyl (C=O) groups excluding carboxylic acids is 3. The number of nitrogens with one attached hydrogen (secondary N) is 1. The predicted molar refractivity (Wildman–Crippen MR) is 111 cm³/mol. The molecule has 7 nitrogen and oxygen atoms in total. The van der Waals surface area contributed by atoms with E-state index in [9.17, 15) is 14.4 Å². The summed E-state index contributed by atoms with van der Waals surface area (Å²) in [5, 5.41) is 2.35. The molecule has 2 aromatic rings. The van der Waals surface area contributed by atoms with Crippen molar-refractivity contribution in [3.8, 4) is 5.75 Å². The molecule has 30 heavy (non-hydrogen) atoms. The molecule has 4 rings (SSSR count). The zero-order chi connectivity index (χ0) is 21.5. The van der Waals surface area contributed by atoms with Gasteiger partial charge in [-0.05, 0) is 23.3 Å². The highest BCUT2D eigenvalue weighted by molar-refractivity contribution is 6.20. The second kappa shape index (κ2) is 7.40. The highest BCUT2D eigenvalue weighted by atomic mass is 16.5. The number of nitrogens with zero attached hydrogens (tertiary/aromatic N) is 1. The Kier molecular flexibility index (Phi) is 4.89. The van der Waals surface area contributed by atoms with Gasteiger partial charge in [-0.15, -0.1) is 0 Å². The molecule has 7 heteroatoms. The van der Waals surface area contributed by atoms with Crippen LogP contribution in [0.1, 0.15) is 36.3 Å². The van der Waals surface area contributed by atoms with Crippen LogP contribution in [0, 0.1) is 11.3 Å². The lowest BCUT2D eigenvalue weighted by Gasteiger charge is -2.50. The van der Waals surface area contributed by atoms with Crippen LogP contribution in [0.5, 0.6) is 5.75 Å². The average Bonchev–Trinajstić information content (AvgIpc) is 2.74. The van der Waals surface area contributed by atoms with E-state index in [1.807, 2.05) is 49.4 Å². The first kappa shape index (κ1) is 19.8. The standard InChI is InChI=1S/C23H23N3O4/c1-13-18(27)12-17(14-8-10-16(30-2)11-9-14)23(19(13)15-6-4-3-5-7-15)20(24)25-22(29)26-21(23)28/h3-11,13,17,19H,12H2,1-2H3,(H3,24,25,26,28,29)/t13-,17?,19-,23?/m0/s1. The quantitative estimate of drug-likeness (QED) is 0.816. The Hall–Kier alpha value is -3.48. The van der Waals surface area contributed by atoms with E-state index < -0.39 is 35.1 Å². The van der Waals surface area contributed by atoms with Crippen molar-refractivity contribution in [1.29, 1.82) is 0 Å². The van der Waals surface area contributed by atoms with Gasteiger partial charge in [0.2, 0.25) is 5.91 Å². The zero-order valence-corrected chi connectivity index (χ0v) is 16.8. The minimum absolute atomic E-state index is 0.0350. The summed E-state index contributed by atoms with van der Waals surface area (Å²) in [6, 6.07) is 15.8. The second-order valence-electron chi connectivity index (χ2n) is 7.80. The molecule has 0 radical (unpaired) electrons. The van der Waals surface area contributed by atoms with E-state index in [4.69, 9.17) is 10.5 Å². The van der Waals surface area contributed by atoms with Crippen molar-refractivity contribution in [1.82, 2.24) is 5.32 Å². The first-order valence-corrected chi connectivity index (χ1v) is 9.81. The number of rotatable bonds is 3. The van der Waals surface area contributed by atoms with Crippen molar-refractivity contribution in [3.63, 3.8) is 0 Å². The number of Topliss-reactive ketones (excluding diaryl/α,β-unsaturated/α-hetero) is 1. The maximum Gasteiger partial charge on any atom is 0.349 e. The molecule has 3 N–H and O–H groups in total. The summed E-state index contributed by atoms with van der Waals surface area (Å²) >= 11 is 0. The van der Waals surface area contributed by atoms with Crippen LogP contribution in [0.15, 0.2) is 59.6 Å². The maximum atomic E-state index is 13.5. The number of amides is 3. The molecule has 1 fully saturated rings. The number of ketones is 1. The Morgan fingerprint density at radius 2 is 1.70 bits per heavy atom. The first-order chi connectivity index (χ1) is 14.4. The molecule has 4 atom stereocenters. The fourth-order valence-electron chi connectivity index (χ4n) is 4.96. The lowest BCUT2D eigenvalue weighted by atomic mass is 9.51. The van der Waals surface area contributed by atoms with Gasteiger partial charge in [0, 0.05) is 24.2 Å². The molecular formula is C23H23N3O4. The van der Waals surface area contributed by atoms with Crippen LogP contribution >= 0.6 is 0 Å². The van der Waals surface area contributed by atoms with E-state index in [0.29, 0.717) is 5.75 Å². The molecule has 3 amide bonds. The van der Waals surface area contributed by atoms with Gasteiger partial charge in [0.1, 0.15) is 22.8 Å². The normalized spacial score (nSPS) is 28.8. The number of amidine groups is 1. The van der Waals surface area contributed by atoms with Crippen LogP contribution in [0.3, 0.4) is 0 Å². The van der Waals surface area contributed by atoms with Crippen LogP contribution in [0.2, 0.25) is 0 Å². The monoisotopic (exact) mass is 405 g/mol. The van der Waals surface area contributed by atoms with Crippen LogP contribution in [-0.4, -0.2) is 30.7 Å². The van der Waals surface area contributed by atoms with Crippen molar-refractivity contribution in [2.45, 2.75) is 25.2 Å². The molecule has 0 saturated heterocycles. The number of carbonyl (C=O) groups is 3. The summed E-state index contributed by atoms with van der Waals surface area (Å²) in [6.45, 7) is 1.81. The fraction of sp³-hybridized carbons (Fsp3) is 0.304. The molecule has 2 unspecified atom stereocenters. The molecule has 1 saturated carbocycles. The first-order valence-electron chi connectivity index (χ1n) is 9.81. The smallest absolute Gasteiger partial charge is 0.349 e. The lowest BCUT2D eigenvalue weighted by Crippen LogP contribution is -2.64. The minimum Gasteiger partial charge on any atom is -0.497 e. The number of urea groups is 1. The van der Waals surface area contributed by atoms with Gasteiger partial charge in [-0.25, -0.2) is 4.79 Å². The Balaban J connectivity index is 1.98. The van der Waals surface area contributed by atoms with E-state index in [-0.39, 0.29) is 18.0 Å². The zero-order valence-electron chi connectivity index (χ0n) is 16.8. The van der Waals surface area contributed by atoms with Gasteiger partial charge in [0.15, 0.2) is 0 Å². The number of benzene rings is 2. The Labute approximate surface area is 174 Å². The molecule has 0 bridgehead atoms. The van der Waals surface area contributed by atoms with Gasteiger partial charge < -0.3 is 10.5 Å². The SMILES string of the molecule is COc1ccc(C2CC(=O)[C@H](C)[C@@H](c3ccccc3)C23C(=O)NC(=O)N=C3N)cc1. The molecule has 2 aliphatic rings. The maximum absolute atomic E-state index is 13.5. The molecule has 1 heterocycles. The molecule has 1 spiro atoms. The van der Waals surface area contributed by atoms with E-state index in [2.05, 4.69) is 10.3 Å². The van der Waals surface area contributed by atoms with Gasteiger partial charge in [-0.2, -0.15) is 4.99 Å². The third kappa shape index (κ3) is 2.89. The van der Waals surface area contributed by atoms with Crippen molar-refractivity contribution in [3.05, 3.63) is 65.7 Å². The summed E-state index contributed by atoms with van der Waals surface area (Å²) < 4.78 is 5.24. The number of methoxy groups -OCH3 is 1. The number of nitrogens with two attached hydrogens (primary N) is 1. The van der Waals surface area contributed by atoms with Crippen molar-refractivity contribution in [2.75, 3.05) is 7.11 Å². The van der Waals surface area contributed by atoms with Gasteiger partial charge in [-0.3, -0.25) is 14.9 Å². The van der Waals surface area contributed by atoms with E-state index >= 15 is 0 Å². The summed E-state index contributed by atoms with van der Waals surface area (Å²) in [5.41, 5.74) is 6.58. The second-order valence-corrected chi connectivity index (χ2v) is 7.80. The Bertz CT molecular complexity index is 1030. The van der Waals surface area contributed by atoms with Crippen molar-refractivity contribution >= 4 is 23.6 Å². The molecule has 1 aliphatic carbocycles. The van der Waals surface area contributed by atoms with Crippen LogP contribution < -0.4 is 15.8 Å². The summed E-state index contributed by atoms with van der Waals surface area (Å²) in [6.07, 6.45) is 0.120. The number of aliphatic imine (C=N–C) groups is 1. The highest BCUT2D eigenvalue weighted by Gasteiger charge is 2.62. The molecule has 2 aromatic carbocycles. The number of ether oxygens (including phenoxy) is 1. The minimum atomic E-state index is -1.36. The van der Waals surface area contributed by atoms with Gasteiger partial charge in [-0.1, -0.05) is 49.4 Å². The van der Waals surface area contributed by atoms with Crippen molar-refractivity contribution < 1.29 is 19.1 Å². The number of imide groups is 1. The van der Waals surface area contributed by atoms with E-state index in [1.165, 1.54) is 0 Å². The summed E-state index contributed by atoms with van der Waals surface area (Å²) in [7, 11) is 1.57. The van der Waals surface area contributed by atoms with E-state index in [0.717, 1.165) is 11.1 Å². The predicted octanol–water partition coefficient (Wildman–Crippen LogP) is 2.76. The highest BCUT2D eigenvalue weighted by Crippen LogP contribution is 2.57. The third-order valence-corrected chi connectivity index (χ3v) is 6.37. The van der Waals surface area contributed by atoms with E-state index in [1.54, 1.807) is 19.2 Å². The Morgan fingerprint density at radius 3 is 2.30 bits per heavy atom.